The van der Waals surface area contributed by atoms with Crippen LogP contribution in [0.4, 0.5) is 0 Å². The highest BCUT2D eigenvalue weighted by molar-refractivity contribution is 8.00. The Morgan fingerprint density at radius 3 is 2.38 bits per heavy atom. The molecule has 0 saturated carbocycles. The van der Waals surface area contributed by atoms with Crippen LogP contribution >= 0.6 is 11.8 Å². The van der Waals surface area contributed by atoms with Crippen LogP contribution in [0.25, 0.3) is 11.4 Å². The smallest absolute Gasteiger partial charge is 0.236 e. The Balaban J connectivity index is 1.46. The number of amides is 1. The van der Waals surface area contributed by atoms with Crippen molar-refractivity contribution < 1.29 is 4.79 Å². The molecule has 2 atom stereocenters. The minimum absolute atomic E-state index is 0.0348. The molecule has 1 aliphatic rings. The highest BCUT2D eigenvalue weighted by Gasteiger charge is 2.37. The number of hydrogen-bond donors (Lipinski definition) is 2. The molecular weight excluding hydrogens is 418 g/mol. The Kier molecular flexibility index (Phi) is 5.64. The highest BCUT2D eigenvalue weighted by atomic mass is 32.2. The summed E-state index contributed by atoms with van der Waals surface area (Å²) in [6, 6.07) is 27.9. The molecule has 0 aliphatic carbocycles. The van der Waals surface area contributed by atoms with E-state index in [4.69, 9.17) is 0 Å². The van der Waals surface area contributed by atoms with E-state index in [2.05, 4.69) is 52.1 Å². The number of rotatable bonds is 5. The molecule has 160 valence electrons. The van der Waals surface area contributed by atoms with Gasteiger partial charge < -0.3 is 10.7 Å². The van der Waals surface area contributed by atoms with Crippen molar-refractivity contribution in [2.75, 3.05) is 5.43 Å². The number of nitrogens with one attached hydrogen (secondary N) is 2. The van der Waals surface area contributed by atoms with Crippen molar-refractivity contribution in [2.45, 2.75) is 29.9 Å². The molecule has 1 aromatic heterocycles. The predicted molar refractivity (Wildman–Crippen MR) is 127 cm³/mol. The van der Waals surface area contributed by atoms with Crippen LogP contribution in [0.15, 0.2) is 90.1 Å². The standard InChI is InChI=1S/C25H23N5OS/c1-17-12-14-19(15-13-17)21-22(24(31)26-16-18-8-4-2-5-9-18)32-25-28-27-23(30(25)29-21)20-10-6-3-7-11-20/h2-15,21-22,29H,16H2,1H3,(H,26,31)/t21-,22-/m0/s1. The van der Waals surface area contributed by atoms with Crippen molar-refractivity contribution in [2.24, 2.45) is 0 Å². The fourth-order valence-electron chi connectivity index (χ4n) is 3.74. The lowest BCUT2D eigenvalue weighted by Gasteiger charge is -2.33. The van der Waals surface area contributed by atoms with E-state index >= 15 is 0 Å². The van der Waals surface area contributed by atoms with Gasteiger partial charge in [0.15, 0.2) is 5.82 Å². The quantitative estimate of drug-likeness (QED) is 0.482. The van der Waals surface area contributed by atoms with Crippen LogP contribution in [-0.2, 0) is 11.3 Å². The van der Waals surface area contributed by atoms with Crippen LogP contribution in [-0.4, -0.2) is 26.0 Å². The van der Waals surface area contributed by atoms with Gasteiger partial charge in [0.2, 0.25) is 11.1 Å². The molecule has 5 rings (SSSR count). The lowest BCUT2D eigenvalue weighted by molar-refractivity contribution is -0.121. The van der Waals surface area contributed by atoms with Gasteiger partial charge in [-0.05, 0) is 18.1 Å². The van der Waals surface area contributed by atoms with Gasteiger partial charge in [-0.25, -0.2) is 4.68 Å². The number of fused-ring (bicyclic) bond motifs is 1. The van der Waals surface area contributed by atoms with E-state index in [1.165, 1.54) is 17.3 Å². The molecule has 7 heteroatoms. The number of benzene rings is 3. The van der Waals surface area contributed by atoms with E-state index in [9.17, 15) is 4.79 Å². The van der Waals surface area contributed by atoms with E-state index in [-0.39, 0.29) is 17.2 Å². The SMILES string of the molecule is Cc1ccc([C@@H]2Nn3c(nnc3-c3ccccc3)S[C@@H]2C(=O)NCc2ccccc2)cc1. The number of aryl methyl sites for hydroxylation is 1. The molecule has 0 unspecified atom stereocenters. The summed E-state index contributed by atoms with van der Waals surface area (Å²) in [6.07, 6.45) is 0. The van der Waals surface area contributed by atoms with E-state index in [0.29, 0.717) is 11.7 Å². The number of hydrogen-bond acceptors (Lipinski definition) is 5. The van der Waals surface area contributed by atoms with Crippen LogP contribution in [0.3, 0.4) is 0 Å². The number of carbonyl (C=O) groups excluding carboxylic acids is 1. The summed E-state index contributed by atoms with van der Waals surface area (Å²) in [4.78, 5) is 13.3. The largest absolute Gasteiger partial charge is 0.351 e. The number of thioether (sulfide) groups is 1. The Labute approximate surface area is 191 Å². The Bertz CT molecular complexity index is 1210. The maximum Gasteiger partial charge on any atom is 0.236 e. The molecule has 6 nitrogen and oxygen atoms in total. The zero-order valence-electron chi connectivity index (χ0n) is 17.6. The number of aromatic nitrogens is 3. The van der Waals surface area contributed by atoms with Gasteiger partial charge in [0, 0.05) is 12.1 Å². The predicted octanol–water partition coefficient (Wildman–Crippen LogP) is 4.33. The monoisotopic (exact) mass is 441 g/mol. The first-order chi connectivity index (χ1) is 15.7. The van der Waals surface area contributed by atoms with E-state index in [0.717, 1.165) is 22.5 Å². The van der Waals surface area contributed by atoms with Crippen LogP contribution in [0.5, 0.6) is 0 Å². The minimum Gasteiger partial charge on any atom is -0.351 e. The average molecular weight is 442 g/mol. The maximum atomic E-state index is 13.3. The van der Waals surface area contributed by atoms with Gasteiger partial charge >= 0.3 is 0 Å². The van der Waals surface area contributed by atoms with Gasteiger partial charge in [-0.3, -0.25) is 4.79 Å². The summed E-state index contributed by atoms with van der Waals surface area (Å²) in [5.74, 6) is 0.695. The minimum atomic E-state index is -0.387. The van der Waals surface area contributed by atoms with Gasteiger partial charge in [0.05, 0.1) is 6.04 Å². The fraction of sp³-hybridized carbons (Fsp3) is 0.160. The second-order valence-corrected chi connectivity index (χ2v) is 8.88. The number of carbonyl (C=O) groups is 1. The fourth-order valence-corrected chi connectivity index (χ4v) is 4.84. The first-order valence-electron chi connectivity index (χ1n) is 10.5. The molecule has 2 heterocycles. The summed E-state index contributed by atoms with van der Waals surface area (Å²) >= 11 is 1.44. The topological polar surface area (TPSA) is 71.8 Å². The van der Waals surface area contributed by atoms with Gasteiger partial charge in [-0.1, -0.05) is 102 Å². The first-order valence-corrected chi connectivity index (χ1v) is 11.4. The van der Waals surface area contributed by atoms with Gasteiger partial charge in [-0.2, -0.15) is 0 Å². The maximum absolute atomic E-state index is 13.3. The van der Waals surface area contributed by atoms with Crippen molar-refractivity contribution in [1.29, 1.82) is 0 Å². The van der Waals surface area contributed by atoms with E-state index in [1.54, 1.807) is 0 Å². The van der Waals surface area contributed by atoms with Crippen LogP contribution in [0.2, 0.25) is 0 Å². The molecule has 0 bridgehead atoms. The van der Waals surface area contributed by atoms with Gasteiger partial charge in [-0.15, -0.1) is 10.2 Å². The Morgan fingerprint density at radius 2 is 1.66 bits per heavy atom. The lowest BCUT2D eigenvalue weighted by atomic mass is 10.0. The summed E-state index contributed by atoms with van der Waals surface area (Å²) in [6.45, 7) is 2.54. The molecule has 3 aromatic carbocycles. The van der Waals surface area contributed by atoms with Crippen molar-refractivity contribution in [1.82, 2.24) is 20.2 Å². The van der Waals surface area contributed by atoms with Crippen molar-refractivity contribution >= 4 is 17.7 Å². The van der Waals surface area contributed by atoms with Crippen LogP contribution < -0.4 is 10.7 Å². The van der Waals surface area contributed by atoms with Crippen molar-refractivity contribution in [3.8, 4) is 11.4 Å². The molecule has 0 spiro atoms. The zero-order chi connectivity index (χ0) is 21.9. The lowest BCUT2D eigenvalue weighted by Crippen LogP contribution is -2.43. The van der Waals surface area contributed by atoms with Crippen LogP contribution in [0.1, 0.15) is 22.7 Å². The second kappa shape index (κ2) is 8.88. The first kappa shape index (κ1) is 20.3. The summed E-state index contributed by atoms with van der Waals surface area (Å²) < 4.78 is 1.89. The average Bonchev–Trinajstić information content (AvgIpc) is 3.26. The molecule has 1 aliphatic heterocycles. The Hall–Kier alpha value is -3.58. The molecule has 0 radical (unpaired) electrons. The van der Waals surface area contributed by atoms with E-state index in [1.807, 2.05) is 65.3 Å². The highest BCUT2D eigenvalue weighted by Crippen LogP contribution is 2.38. The molecule has 32 heavy (non-hydrogen) atoms. The molecule has 1 amide bonds. The van der Waals surface area contributed by atoms with Gasteiger partial charge in [0.25, 0.3) is 0 Å². The normalized spacial score (nSPS) is 17.3. The summed E-state index contributed by atoms with van der Waals surface area (Å²) in [5, 5.41) is 12.1. The van der Waals surface area contributed by atoms with Crippen molar-refractivity contribution in [3.05, 3.63) is 102 Å². The third-order valence-corrected chi connectivity index (χ3v) is 6.69. The summed E-state index contributed by atoms with van der Waals surface area (Å²) in [7, 11) is 0. The van der Waals surface area contributed by atoms with Crippen LogP contribution in [0, 0.1) is 6.92 Å². The molecule has 2 N–H and O–H groups in total. The van der Waals surface area contributed by atoms with Crippen molar-refractivity contribution in [3.63, 3.8) is 0 Å². The third-order valence-electron chi connectivity index (χ3n) is 5.47. The molecule has 0 fully saturated rings. The van der Waals surface area contributed by atoms with E-state index < -0.39 is 0 Å². The molecule has 0 saturated heterocycles. The summed E-state index contributed by atoms with van der Waals surface area (Å²) in [5.41, 5.74) is 7.77. The zero-order valence-corrected chi connectivity index (χ0v) is 18.4. The molecule has 4 aromatic rings. The second-order valence-electron chi connectivity index (χ2n) is 7.77. The van der Waals surface area contributed by atoms with Gasteiger partial charge in [0.1, 0.15) is 5.25 Å². The molecular formula is C25H23N5OS. The Morgan fingerprint density at radius 1 is 0.969 bits per heavy atom. The number of nitrogens with zero attached hydrogens (tertiary/aromatic N) is 3. The third kappa shape index (κ3) is 4.11.